The second kappa shape index (κ2) is 9.99. The number of hydrogen-bond donors (Lipinski definition) is 0. The van der Waals surface area contributed by atoms with Crippen LogP contribution < -0.4 is 0 Å². The molecule has 8 heteroatoms. The normalized spacial score (nSPS) is 11.7. The average Bonchev–Trinajstić information content (AvgIpc) is 3.11. The topological polar surface area (TPSA) is 49.6 Å². The molecular formula is C24H26F3N3O2. The van der Waals surface area contributed by atoms with E-state index in [4.69, 9.17) is 4.42 Å². The molecule has 0 unspecified atom stereocenters. The van der Waals surface area contributed by atoms with Crippen molar-refractivity contribution >= 4 is 5.91 Å². The molecule has 0 spiro atoms. The highest BCUT2D eigenvalue weighted by atomic mass is 19.4. The van der Waals surface area contributed by atoms with Gasteiger partial charge in [-0.15, -0.1) is 0 Å². The molecule has 0 radical (unpaired) electrons. The van der Waals surface area contributed by atoms with Gasteiger partial charge in [-0.05, 0) is 50.8 Å². The third kappa shape index (κ3) is 6.20. The summed E-state index contributed by atoms with van der Waals surface area (Å²) in [5.74, 6) is 0.757. The molecule has 0 atom stereocenters. The van der Waals surface area contributed by atoms with Crippen LogP contribution in [0, 0.1) is 6.92 Å². The third-order valence-electron chi connectivity index (χ3n) is 5.03. The molecule has 1 aromatic heterocycles. The highest BCUT2D eigenvalue weighted by Crippen LogP contribution is 2.30. The summed E-state index contributed by atoms with van der Waals surface area (Å²) in [4.78, 5) is 21.1. The van der Waals surface area contributed by atoms with Crippen LogP contribution in [0.25, 0.3) is 11.5 Å². The standard InChI is InChI=1S/C24H26F3N3O2/c1-17-21(28-23(32-17)19-9-5-4-6-10-19)15-22(31)30(13-12-29(2)3)16-18-8-7-11-20(14-18)24(25,26)27/h4-11,14H,12-13,15-16H2,1-3H3. The second-order valence-electron chi connectivity index (χ2n) is 7.88. The number of amides is 1. The largest absolute Gasteiger partial charge is 0.441 e. The van der Waals surface area contributed by atoms with Gasteiger partial charge in [0.2, 0.25) is 11.8 Å². The van der Waals surface area contributed by atoms with E-state index in [-0.39, 0.29) is 18.9 Å². The van der Waals surface area contributed by atoms with Crippen molar-refractivity contribution in [1.82, 2.24) is 14.8 Å². The number of likely N-dealkylation sites (N-methyl/N-ethyl adjacent to an activating group) is 1. The molecule has 0 aliphatic heterocycles. The Morgan fingerprint density at radius 3 is 2.41 bits per heavy atom. The molecule has 1 amide bonds. The van der Waals surface area contributed by atoms with Crippen molar-refractivity contribution in [2.75, 3.05) is 27.2 Å². The number of rotatable bonds is 8. The lowest BCUT2D eigenvalue weighted by Crippen LogP contribution is -2.37. The first-order valence-electron chi connectivity index (χ1n) is 10.2. The number of aromatic nitrogens is 1. The van der Waals surface area contributed by atoms with Gasteiger partial charge in [0.25, 0.3) is 0 Å². The molecule has 0 saturated carbocycles. The Morgan fingerprint density at radius 1 is 1.03 bits per heavy atom. The van der Waals surface area contributed by atoms with Gasteiger partial charge in [0.05, 0.1) is 17.7 Å². The van der Waals surface area contributed by atoms with E-state index < -0.39 is 11.7 Å². The fraction of sp³-hybridized carbons (Fsp3) is 0.333. The zero-order valence-corrected chi connectivity index (χ0v) is 18.3. The van der Waals surface area contributed by atoms with E-state index >= 15 is 0 Å². The third-order valence-corrected chi connectivity index (χ3v) is 5.03. The number of benzene rings is 2. The zero-order chi connectivity index (χ0) is 23.3. The van der Waals surface area contributed by atoms with Gasteiger partial charge in [0.1, 0.15) is 5.76 Å². The fourth-order valence-electron chi connectivity index (χ4n) is 3.23. The molecule has 32 heavy (non-hydrogen) atoms. The Bertz CT molecular complexity index is 1050. The first-order valence-corrected chi connectivity index (χ1v) is 10.2. The lowest BCUT2D eigenvalue weighted by molar-refractivity contribution is -0.137. The van der Waals surface area contributed by atoms with Gasteiger partial charge in [-0.3, -0.25) is 4.79 Å². The van der Waals surface area contributed by atoms with Crippen molar-refractivity contribution in [3.05, 3.63) is 77.2 Å². The summed E-state index contributed by atoms with van der Waals surface area (Å²) < 4.78 is 45.0. The van der Waals surface area contributed by atoms with Crippen LogP contribution in [0.15, 0.2) is 59.0 Å². The van der Waals surface area contributed by atoms with E-state index in [0.29, 0.717) is 36.0 Å². The van der Waals surface area contributed by atoms with Gasteiger partial charge in [-0.25, -0.2) is 4.98 Å². The SMILES string of the molecule is Cc1oc(-c2ccccc2)nc1CC(=O)N(CCN(C)C)Cc1cccc(C(F)(F)F)c1. The maximum absolute atomic E-state index is 13.1. The quantitative estimate of drug-likeness (QED) is 0.500. The Kier molecular flexibility index (Phi) is 7.35. The van der Waals surface area contributed by atoms with Crippen molar-refractivity contribution < 1.29 is 22.4 Å². The predicted molar refractivity (Wildman–Crippen MR) is 116 cm³/mol. The van der Waals surface area contributed by atoms with E-state index in [9.17, 15) is 18.0 Å². The monoisotopic (exact) mass is 445 g/mol. The molecule has 5 nitrogen and oxygen atoms in total. The molecule has 0 saturated heterocycles. The van der Waals surface area contributed by atoms with E-state index in [1.165, 1.54) is 6.07 Å². The lowest BCUT2D eigenvalue weighted by atomic mass is 10.1. The van der Waals surface area contributed by atoms with Crippen LogP contribution in [0.3, 0.4) is 0 Å². The molecule has 0 aliphatic rings. The van der Waals surface area contributed by atoms with Gasteiger partial charge < -0.3 is 14.2 Å². The molecule has 0 aliphatic carbocycles. The molecular weight excluding hydrogens is 419 g/mol. The van der Waals surface area contributed by atoms with Crippen molar-refractivity contribution in [2.24, 2.45) is 0 Å². The Balaban J connectivity index is 1.79. The molecule has 3 aromatic rings. The van der Waals surface area contributed by atoms with E-state index in [1.54, 1.807) is 17.9 Å². The van der Waals surface area contributed by atoms with Crippen molar-refractivity contribution in [3.63, 3.8) is 0 Å². The van der Waals surface area contributed by atoms with E-state index in [1.807, 2.05) is 49.3 Å². The summed E-state index contributed by atoms with van der Waals surface area (Å²) in [6.45, 7) is 2.79. The van der Waals surface area contributed by atoms with Crippen molar-refractivity contribution in [1.29, 1.82) is 0 Å². The lowest BCUT2D eigenvalue weighted by Gasteiger charge is -2.25. The Labute approximate surface area is 185 Å². The van der Waals surface area contributed by atoms with Gasteiger partial charge in [-0.1, -0.05) is 30.3 Å². The Hall–Kier alpha value is -3.13. The zero-order valence-electron chi connectivity index (χ0n) is 18.3. The van der Waals surface area contributed by atoms with Crippen LogP contribution in [-0.4, -0.2) is 47.9 Å². The smallest absolute Gasteiger partial charge is 0.416 e. The van der Waals surface area contributed by atoms with Crippen LogP contribution in [-0.2, 0) is 23.9 Å². The van der Waals surface area contributed by atoms with Crippen molar-refractivity contribution in [3.8, 4) is 11.5 Å². The average molecular weight is 445 g/mol. The number of halogens is 3. The summed E-state index contributed by atoms with van der Waals surface area (Å²) in [5.41, 5.74) is 1.03. The number of oxazole rings is 1. The van der Waals surface area contributed by atoms with Crippen LogP contribution in [0.1, 0.15) is 22.6 Å². The molecule has 1 heterocycles. The van der Waals surface area contributed by atoms with E-state index in [0.717, 1.165) is 17.7 Å². The summed E-state index contributed by atoms with van der Waals surface area (Å²) in [6, 6.07) is 14.4. The second-order valence-corrected chi connectivity index (χ2v) is 7.88. The highest BCUT2D eigenvalue weighted by molar-refractivity contribution is 5.78. The molecule has 170 valence electrons. The van der Waals surface area contributed by atoms with Crippen molar-refractivity contribution in [2.45, 2.75) is 26.1 Å². The summed E-state index contributed by atoms with van der Waals surface area (Å²) in [5, 5.41) is 0. The number of aryl methyl sites for hydroxylation is 1. The number of nitrogens with zero attached hydrogens (tertiary/aromatic N) is 3. The first-order chi connectivity index (χ1) is 15.1. The molecule has 3 rings (SSSR count). The number of carbonyl (C=O) groups excluding carboxylic acids is 1. The predicted octanol–water partition coefficient (Wildman–Crippen LogP) is 4.80. The summed E-state index contributed by atoms with van der Waals surface area (Å²) in [6.07, 6.45) is -4.42. The maximum Gasteiger partial charge on any atom is 0.416 e. The van der Waals surface area contributed by atoms with Crippen LogP contribution in [0.4, 0.5) is 13.2 Å². The van der Waals surface area contributed by atoms with Gasteiger partial charge in [0.15, 0.2) is 0 Å². The molecule has 2 aromatic carbocycles. The number of alkyl halides is 3. The minimum atomic E-state index is -4.43. The van der Waals surface area contributed by atoms with Gasteiger partial charge in [0, 0.05) is 25.2 Å². The minimum absolute atomic E-state index is 0.00849. The number of hydrogen-bond acceptors (Lipinski definition) is 4. The first kappa shape index (κ1) is 23.5. The van der Waals surface area contributed by atoms with E-state index in [2.05, 4.69) is 4.98 Å². The summed E-state index contributed by atoms with van der Waals surface area (Å²) in [7, 11) is 3.75. The highest BCUT2D eigenvalue weighted by Gasteiger charge is 2.30. The summed E-state index contributed by atoms with van der Waals surface area (Å²) >= 11 is 0. The molecule has 0 bridgehead atoms. The minimum Gasteiger partial charge on any atom is -0.441 e. The van der Waals surface area contributed by atoms with Crippen LogP contribution in [0.2, 0.25) is 0 Å². The molecule has 0 fully saturated rings. The molecule has 0 N–H and O–H groups in total. The maximum atomic E-state index is 13.1. The fourth-order valence-corrected chi connectivity index (χ4v) is 3.23. The van der Waals surface area contributed by atoms with Gasteiger partial charge >= 0.3 is 6.18 Å². The number of carbonyl (C=O) groups is 1. The van der Waals surface area contributed by atoms with Gasteiger partial charge in [-0.2, -0.15) is 13.2 Å². The van der Waals surface area contributed by atoms with Crippen LogP contribution in [0.5, 0.6) is 0 Å². The van der Waals surface area contributed by atoms with Crippen LogP contribution >= 0.6 is 0 Å². The Morgan fingerprint density at radius 2 is 1.75 bits per heavy atom.